The number of benzene rings is 2. The van der Waals surface area contributed by atoms with Gasteiger partial charge < -0.3 is 19.4 Å². The zero-order valence-electron chi connectivity index (χ0n) is 41.4. The first-order valence-corrected chi connectivity index (χ1v) is 25.6. The largest absolute Gasteiger partial charge is 2.00 e. The molecule has 0 fully saturated rings. The molecule has 0 unspecified atom stereocenters. The van der Waals surface area contributed by atoms with E-state index in [0.29, 0.717) is 0 Å². The number of hydrogen-bond donors (Lipinski definition) is 0. The molecule has 0 saturated carbocycles. The maximum Gasteiger partial charge on any atom is 2.00 e. The van der Waals surface area contributed by atoms with Crippen molar-refractivity contribution in [2.24, 2.45) is 0 Å². The van der Waals surface area contributed by atoms with Crippen molar-refractivity contribution in [2.45, 2.75) is 255 Å². The number of hydrogen-bond acceptors (Lipinski definition) is 0. The SMILES string of the molecule is CCCCCCCCCCC1=C(c2cc(CCCC)c(CCCC)c(CCCC)c2)[N+](=[N-])C(c2cc(CC)c(CC)c(CC)c2)=C1CCCCC.[CH2-]CCC.[CH2-]CCC.[Ni+2]. The Balaban J connectivity index is 0.00000354. The molecular formula is C57H96N2Ni. The van der Waals surface area contributed by atoms with E-state index >= 15 is 0 Å². The van der Waals surface area contributed by atoms with Crippen molar-refractivity contribution in [1.82, 2.24) is 0 Å². The predicted octanol–water partition coefficient (Wildman–Crippen LogP) is 18.9. The third-order valence-electron chi connectivity index (χ3n) is 12.3. The zero-order valence-corrected chi connectivity index (χ0v) is 42.4. The van der Waals surface area contributed by atoms with Gasteiger partial charge in [0.05, 0.1) is 0 Å². The van der Waals surface area contributed by atoms with Gasteiger partial charge in [0, 0.05) is 22.3 Å². The molecule has 0 aromatic heterocycles. The molecule has 0 aliphatic carbocycles. The minimum atomic E-state index is 0. The summed E-state index contributed by atoms with van der Waals surface area (Å²) in [5.41, 5.74) is 29.3. The fraction of sp³-hybridized carbons (Fsp3) is 0.684. The maximum absolute atomic E-state index is 12.7. The van der Waals surface area contributed by atoms with Gasteiger partial charge in [-0.15, -0.1) is 0 Å². The summed E-state index contributed by atoms with van der Waals surface area (Å²) >= 11 is 0. The first kappa shape index (κ1) is 58.0. The molecule has 60 heavy (non-hydrogen) atoms. The van der Waals surface area contributed by atoms with E-state index in [2.05, 4.69) is 107 Å². The van der Waals surface area contributed by atoms with Crippen molar-refractivity contribution >= 4 is 11.4 Å². The first-order chi connectivity index (χ1) is 28.8. The van der Waals surface area contributed by atoms with Crippen LogP contribution in [0.2, 0.25) is 0 Å². The topological polar surface area (TPSA) is 25.3 Å². The number of nitrogens with zero attached hydrogens (tertiary/aromatic N) is 2. The summed E-state index contributed by atoms with van der Waals surface area (Å²) in [5.74, 6) is 0. The van der Waals surface area contributed by atoms with E-state index in [0.717, 1.165) is 69.2 Å². The molecule has 2 aromatic carbocycles. The molecule has 2 aromatic rings. The molecule has 1 aliphatic rings. The van der Waals surface area contributed by atoms with Crippen molar-refractivity contribution < 1.29 is 21.2 Å². The summed E-state index contributed by atoms with van der Waals surface area (Å²) in [6.07, 6.45) is 34.7. The Bertz CT molecular complexity index is 1430. The van der Waals surface area contributed by atoms with Gasteiger partial charge in [0.25, 0.3) is 0 Å². The molecule has 0 saturated heterocycles. The number of unbranched alkanes of at least 4 members (excludes halogenated alkanes) is 14. The van der Waals surface area contributed by atoms with Crippen LogP contribution in [-0.4, -0.2) is 4.70 Å². The van der Waals surface area contributed by atoms with E-state index in [9.17, 15) is 5.53 Å². The second kappa shape index (κ2) is 36.5. The van der Waals surface area contributed by atoms with Gasteiger partial charge in [0.1, 0.15) is 0 Å². The summed E-state index contributed by atoms with van der Waals surface area (Å²) in [6.45, 7) is 29.9. The Morgan fingerprint density at radius 1 is 0.383 bits per heavy atom. The van der Waals surface area contributed by atoms with Gasteiger partial charge in [-0.05, 0) is 141 Å². The minimum Gasteiger partial charge on any atom is -0.493 e. The fourth-order valence-electron chi connectivity index (χ4n) is 8.58. The van der Waals surface area contributed by atoms with E-state index in [1.165, 1.54) is 179 Å². The van der Waals surface area contributed by atoms with Crippen molar-refractivity contribution in [3.8, 4) is 0 Å². The van der Waals surface area contributed by atoms with Crippen LogP contribution >= 0.6 is 0 Å². The maximum atomic E-state index is 12.7. The van der Waals surface area contributed by atoms with E-state index in [-0.39, 0.29) is 16.5 Å². The van der Waals surface area contributed by atoms with Gasteiger partial charge in [-0.1, -0.05) is 159 Å². The van der Waals surface area contributed by atoms with Gasteiger partial charge >= 0.3 is 16.5 Å². The molecule has 0 radical (unpaired) electrons. The molecule has 0 spiro atoms. The molecule has 0 bridgehead atoms. The molecule has 3 heteroatoms. The molecule has 1 aliphatic heterocycles. The zero-order chi connectivity index (χ0) is 43.8. The van der Waals surface area contributed by atoms with Gasteiger partial charge in [0.2, 0.25) is 11.4 Å². The number of aryl methyl sites for hydroxylation is 4. The van der Waals surface area contributed by atoms with Gasteiger partial charge in [0.15, 0.2) is 0 Å². The van der Waals surface area contributed by atoms with Crippen LogP contribution in [0.3, 0.4) is 0 Å². The van der Waals surface area contributed by atoms with Crippen LogP contribution in [0, 0.1) is 13.8 Å². The van der Waals surface area contributed by atoms with E-state index < -0.39 is 0 Å². The second-order valence-corrected chi connectivity index (χ2v) is 17.3. The third kappa shape index (κ3) is 19.6. The van der Waals surface area contributed by atoms with Crippen LogP contribution < -0.4 is 0 Å². The summed E-state index contributed by atoms with van der Waals surface area (Å²) in [5, 5.41) is 0. The fourth-order valence-corrected chi connectivity index (χ4v) is 8.58. The Morgan fingerprint density at radius 2 is 0.717 bits per heavy atom. The molecule has 0 atom stereocenters. The Hall–Kier alpha value is -1.99. The third-order valence-corrected chi connectivity index (χ3v) is 12.3. The average Bonchev–Trinajstić information content (AvgIpc) is 3.54. The average molecular weight is 868 g/mol. The number of allylic oxidation sites excluding steroid dienone is 2. The van der Waals surface area contributed by atoms with Gasteiger partial charge in [-0.2, -0.15) is 12.8 Å². The van der Waals surface area contributed by atoms with Crippen molar-refractivity contribution in [3.63, 3.8) is 0 Å². The molecule has 0 amide bonds. The standard InChI is InChI=1S/C49H78N2.2C4H9.Ni/c1-9-17-22-23-24-25-26-28-33-47-46(32-27-18-10-2)48(42-34-38(14-6)44(16-8)39(15-7)35-42)51(50)49(47)43-36-40(29-19-11-3)45(31-21-13-5)41(37-43)30-20-12-4;2*1-3-4-2;/h34-37H,9-33H2,1-8H3;2*1,3-4H2,2H3;/q;2*-1;+2. The molecule has 1 heterocycles. The molecule has 344 valence electrons. The molecule has 2 nitrogen and oxygen atoms in total. The first-order valence-electron chi connectivity index (χ1n) is 25.6. The van der Waals surface area contributed by atoms with Crippen LogP contribution in [0.15, 0.2) is 35.4 Å². The normalized spacial score (nSPS) is 12.4. The molecule has 3 rings (SSSR count). The summed E-state index contributed by atoms with van der Waals surface area (Å²) in [4.78, 5) is 0. The predicted molar refractivity (Wildman–Crippen MR) is 266 cm³/mol. The van der Waals surface area contributed by atoms with Crippen LogP contribution in [0.1, 0.15) is 261 Å². The van der Waals surface area contributed by atoms with Gasteiger partial charge in [-0.25, -0.2) is 4.70 Å². The molecular weight excluding hydrogens is 771 g/mol. The van der Waals surface area contributed by atoms with Crippen molar-refractivity contribution in [2.75, 3.05) is 0 Å². The monoisotopic (exact) mass is 867 g/mol. The van der Waals surface area contributed by atoms with Crippen molar-refractivity contribution in [1.29, 1.82) is 0 Å². The van der Waals surface area contributed by atoms with Crippen LogP contribution in [0.25, 0.3) is 16.9 Å². The van der Waals surface area contributed by atoms with Crippen molar-refractivity contribution in [3.05, 3.63) is 99.3 Å². The van der Waals surface area contributed by atoms with Crippen LogP contribution in [0.5, 0.6) is 0 Å². The quantitative estimate of drug-likeness (QED) is 0.0337. The summed E-state index contributed by atoms with van der Waals surface area (Å²) in [6, 6.07) is 9.90. The number of rotatable bonds is 29. The van der Waals surface area contributed by atoms with Crippen LogP contribution in [0.4, 0.5) is 0 Å². The van der Waals surface area contributed by atoms with E-state index in [1.54, 1.807) is 10.3 Å². The smallest absolute Gasteiger partial charge is 0.493 e. The summed E-state index contributed by atoms with van der Waals surface area (Å²) in [7, 11) is 0. The summed E-state index contributed by atoms with van der Waals surface area (Å²) < 4.78 is 1.69. The van der Waals surface area contributed by atoms with E-state index in [4.69, 9.17) is 0 Å². The van der Waals surface area contributed by atoms with Gasteiger partial charge in [-0.3, -0.25) is 0 Å². The Morgan fingerprint density at radius 3 is 1.08 bits per heavy atom. The second-order valence-electron chi connectivity index (χ2n) is 17.3. The Kier molecular flexibility index (Phi) is 35.3. The Labute approximate surface area is 385 Å². The minimum absolute atomic E-state index is 0. The van der Waals surface area contributed by atoms with E-state index in [1.807, 2.05) is 0 Å². The van der Waals surface area contributed by atoms with Crippen LogP contribution in [-0.2, 0) is 55.0 Å². The molecule has 0 N–H and O–H groups in total.